The van der Waals surface area contributed by atoms with Crippen molar-refractivity contribution in [2.45, 2.75) is 19.4 Å². The van der Waals surface area contributed by atoms with Crippen molar-refractivity contribution in [1.29, 1.82) is 0 Å². The van der Waals surface area contributed by atoms with Gasteiger partial charge in [0.1, 0.15) is 6.04 Å². The summed E-state index contributed by atoms with van der Waals surface area (Å²) in [6, 6.07) is 6.30. The predicted molar refractivity (Wildman–Crippen MR) is 79.8 cm³/mol. The van der Waals surface area contributed by atoms with E-state index >= 15 is 0 Å². The molecule has 0 spiro atoms. The molecule has 1 heterocycles. The van der Waals surface area contributed by atoms with Crippen LogP contribution in [0.3, 0.4) is 0 Å². The Kier molecular flexibility index (Phi) is 4.62. The minimum absolute atomic E-state index is 0.0828. The van der Waals surface area contributed by atoms with Crippen LogP contribution in [-0.4, -0.2) is 35.5 Å². The maximum absolute atomic E-state index is 12.1. The van der Waals surface area contributed by atoms with Crippen molar-refractivity contribution < 1.29 is 19.5 Å². The molecular weight excluding hydrogens is 340 g/mol. The minimum atomic E-state index is -1.10. The van der Waals surface area contributed by atoms with Gasteiger partial charge in [-0.25, -0.2) is 0 Å². The van der Waals surface area contributed by atoms with Gasteiger partial charge in [-0.05, 0) is 35.0 Å². The monoisotopic (exact) mass is 354 g/mol. The lowest BCUT2D eigenvalue weighted by atomic mass is 10.1. The van der Waals surface area contributed by atoms with Gasteiger partial charge >= 0.3 is 5.97 Å². The summed E-state index contributed by atoms with van der Waals surface area (Å²) in [7, 11) is 0. The highest BCUT2D eigenvalue weighted by molar-refractivity contribution is 9.10. The first kappa shape index (κ1) is 15.5. The van der Waals surface area contributed by atoms with Crippen LogP contribution >= 0.6 is 15.9 Å². The van der Waals surface area contributed by atoms with Crippen LogP contribution in [0.1, 0.15) is 13.3 Å². The number of para-hydroxylation sites is 1. The van der Waals surface area contributed by atoms with E-state index in [1.54, 1.807) is 11.0 Å². The van der Waals surface area contributed by atoms with Crippen molar-refractivity contribution in [1.82, 2.24) is 5.32 Å². The number of nitrogens with zero attached hydrogens (tertiary/aromatic N) is 1. The van der Waals surface area contributed by atoms with Crippen molar-refractivity contribution in [3.05, 3.63) is 28.7 Å². The molecule has 0 bridgehead atoms. The summed E-state index contributed by atoms with van der Waals surface area (Å²) in [4.78, 5) is 36.4. The van der Waals surface area contributed by atoms with E-state index in [0.29, 0.717) is 5.69 Å². The van der Waals surface area contributed by atoms with E-state index in [4.69, 9.17) is 5.11 Å². The van der Waals surface area contributed by atoms with Crippen LogP contribution in [0.25, 0.3) is 0 Å². The third-order valence-electron chi connectivity index (χ3n) is 3.37. The SMILES string of the molecule is C[C@@H](NC(=O)C1CC(=O)N(c2ccccc2Br)C1)C(=O)O. The van der Waals surface area contributed by atoms with E-state index in [1.165, 1.54) is 6.92 Å². The number of benzene rings is 1. The number of hydrogen-bond donors (Lipinski definition) is 2. The van der Waals surface area contributed by atoms with Gasteiger partial charge in [-0.2, -0.15) is 0 Å². The average molecular weight is 355 g/mol. The number of carbonyl (C=O) groups is 3. The van der Waals surface area contributed by atoms with Crippen molar-refractivity contribution >= 4 is 39.4 Å². The third-order valence-corrected chi connectivity index (χ3v) is 4.04. The van der Waals surface area contributed by atoms with Gasteiger partial charge in [0, 0.05) is 17.4 Å². The number of carbonyl (C=O) groups excluding carboxylic acids is 2. The second-order valence-electron chi connectivity index (χ2n) is 4.93. The molecule has 0 aromatic heterocycles. The minimum Gasteiger partial charge on any atom is -0.480 e. The summed E-state index contributed by atoms with van der Waals surface area (Å²) in [5, 5.41) is 11.2. The zero-order chi connectivity index (χ0) is 15.6. The van der Waals surface area contributed by atoms with Crippen LogP contribution in [-0.2, 0) is 14.4 Å². The molecule has 7 heteroatoms. The van der Waals surface area contributed by atoms with Crippen LogP contribution < -0.4 is 10.2 Å². The zero-order valence-corrected chi connectivity index (χ0v) is 13.0. The Bertz CT molecular complexity index is 590. The van der Waals surface area contributed by atoms with Gasteiger partial charge < -0.3 is 15.3 Å². The van der Waals surface area contributed by atoms with E-state index < -0.39 is 23.8 Å². The van der Waals surface area contributed by atoms with E-state index in [2.05, 4.69) is 21.2 Å². The zero-order valence-electron chi connectivity index (χ0n) is 11.4. The molecule has 2 amide bonds. The molecular formula is C14H15BrN2O4. The molecule has 1 aromatic rings. The smallest absolute Gasteiger partial charge is 0.325 e. The number of amides is 2. The lowest BCUT2D eigenvalue weighted by Gasteiger charge is -2.18. The van der Waals surface area contributed by atoms with E-state index in [-0.39, 0.29) is 18.9 Å². The number of hydrogen-bond acceptors (Lipinski definition) is 3. The molecule has 112 valence electrons. The molecule has 1 aliphatic heterocycles. The molecule has 0 aliphatic carbocycles. The van der Waals surface area contributed by atoms with E-state index in [1.807, 2.05) is 18.2 Å². The summed E-state index contributed by atoms with van der Waals surface area (Å²) >= 11 is 3.38. The number of rotatable bonds is 4. The summed E-state index contributed by atoms with van der Waals surface area (Å²) in [6.07, 6.45) is 0.0828. The van der Waals surface area contributed by atoms with Crippen molar-refractivity contribution in [3.63, 3.8) is 0 Å². The quantitative estimate of drug-likeness (QED) is 0.855. The fraction of sp³-hybridized carbons (Fsp3) is 0.357. The Morgan fingerprint density at radius 2 is 2.10 bits per heavy atom. The molecule has 2 atom stereocenters. The van der Waals surface area contributed by atoms with Gasteiger partial charge in [-0.3, -0.25) is 14.4 Å². The lowest BCUT2D eigenvalue weighted by molar-refractivity contribution is -0.141. The average Bonchev–Trinajstić information content (AvgIpc) is 2.81. The van der Waals surface area contributed by atoms with Gasteiger partial charge in [0.05, 0.1) is 11.6 Å². The van der Waals surface area contributed by atoms with Crippen LogP contribution in [0.15, 0.2) is 28.7 Å². The number of halogens is 1. The Morgan fingerprint density at radius 3 is 2.71 bits per heavy atom. The Labute approximate surface area is 130 Å². The topological polar surface area (TPSA) is 86.7 Å². The van der Waals surface area contributed by atoms with Crippen LogP contribution in [0.5, 0.6) is 0 Å². The van der Waals surface area contributed by atoms with Crippen molar-refractivity contribution in [3.8, 4) is 0 Å². The first-order valence-corrected chi connectivity index (χ1v) is 7.27. The molecule has 2 rings (SSSR count). The highest BCUT2D eigenvalue weighted by Gasteiger charge is 2.36. The Morgan fingerprint density at radius 1 is 1.43 bits per heavy atom. The summed E-state index contributed by atoms with van der Waals surface area (Å²) in [5.74, 6) is -2.19. The van der Waals surface area contributed by atoms with E-state index in [9.17, 15) is 14.4 Å². The Balaban J connectivity index is 2.08. The second kappa shape index (κ2) is 6.26. The fourth-order valence-electron chi connectivity index (χ4n) is 2.18. The first-order valence-electron chi connectivity index (χ1n) is 6.48. The standard InChI is InChI=1S/C14H15BrN2O4/c1-8(14(20)21)16-13(19)9-6-12(18)17(7-9)11-5-3-2-4-10(11)15/h2-5,8-9H,6-7H2,1H3,(H,16,19)(H,20,21)/t8-,9?/m1/s1. The normalized spacial score (nSPS) is 19.4. The van der Waals surface area contributed by atoms with Gasteiger partial charge in [0.15, 0.2) is 0 Å². The van der Waals surface area contributed by atoms with Crippen LogP contribution in [0.2, 0.25) is 0 Å². The molecule has 2 N–H and O–H groups in total. The highest BCUT2D eigenvalue weighted by Crippen LogP contribution is 2.31. The summed E-state index contributed by atoms with van der Waals surface area (Å²) in [5.41, 5.74) is 0.712. The fourth-order valence-corrected chi connectivity index (χ4v) is 2.68. The maximum atomic E-state index is 12.1. The van der Waals surface area contributed by atoms with Gasteiger partial charge in [0.2, 0.25) is 11.8 Å². The number of anilines is 1. The number of carboxylic acid groups (broad SMARTS) is 1. The molecule has 21 heavy (non-hydrogen) atoms. The number of aliphatic carboxylic acids is 1. The molecule has 1 aromatic carbocycles. The number of carboxylic acids is 1. The molecule has 1 saturated heterocycles. The highest BCUT2D eigenvalue weighted by atomic mass is 79.9. The van der Waals surface area contributed by atoms with Crippen LogP contribution in [0, 0.1) is 5.92 Å². The van der Waals surface area contributed by atoms with Gasteiger partial charge in [-0.15, -0.1) is 0 Å². The molecule has 0 saturated carbocycles. The van der Waals surface area contributed by atoms with Crippen molar-refractivity contribution in [2.24, 2.45) is 5.92 Å². The maximum Gasteiger partial charge on any atom is 0.325 e. The van der Waals surface area contributed by atoms with Gasteiger partial charge in [-0.1, -0.05) is 12.1 Å². The molecule has 1 fully saturated rings. The molecule has 0 radical (unpaired) electrons. The summed E-state index contributed by atoms with van der Waals surface area (Å²) < 4.78 is 0.776. The van der Waals surface area contributed by atoms with Crippen LogP contribution in [0.4, 0.5) is 5.69 Å². The first-order chi connectivity index (χ1) is 9.90. The third kappa shape index (κ3) is 3.41. The lowest BCUT2D eigenvalue weighted by Crippen LogP contribution is -2.42. The Hall–Kier alpha value is -1.89. The molecule has 1 unspecified atom stereocenters. The van der Waals surface area contributed by atoms with Crippen molar-refractivity contribution in [2.75, 3.05) is 11.4 Å². The molecule has 1 aliphatic rings. The van der Waals surface area contributed by atoms with E-state index in [0.717, 1.165) is 4.47 Å². The largest absolute Gasteiger partial charge is 0.480 e. The molecule has 6 nitrogen and oxygen atoms in total. The second-order valence-corrected chi connectivity index (χ2v) is 5.78. The number of nitrogens with one attached hydrogen (secondary N) is 1. The van der Waals surface area contributed by atoms with Gasteiger partial charge in [0.25, 0.3) is 0 Å². The summed E-state index contributed by atoms with van der Waals surface area (Å²) in [6.45, 7) is 1.64. The predicted octanol–water partition coefficient (Wildman–Crippen LogP) is 1.39.